The van der Waals surface area contributed by atoms with Gasteiger partial charge in [0, 0.05) is 11.6 Å². The molecule has 26 heavy (non-hydrogen) atoms. The molecule has 0 radical (unpaired) electrons. The van der Waals surface area contributed by atoms with E-state index in [1.807, 2.05) is 0 Å². The molecule has 1 amide bonds. The maximum atomic E-state index is 13.8. The highest BCUT2D eigenvalue weighted by molar-refractivity contribution is 5.79. The molecule has 2 N–H and O–H groups in total. The normalized spacial score (nSPS) is 12.1. The first kappa shape index (κ1) is 17.5. The van der Waals surface area contributed by atoms with E-state index in [2.05, 4.69) is 10.3 Å². The Balaban J connectivity index is 1.83. The van der Waals surface area contributed by atoms with Gasteiger partial charge in [-0.15, -0.1) is 0 Å². The minimum atomic E-state index is -0.793. The second kappa shape index (κ2) is 6.91. The Morgan fingerprint density at radius 1 is 1.19 bits per heavy atom. The first-order valence-electron chi connectivity index (χ1n) is 7.83. The molecule has 2 aromatic carbocycles. The summed E-state index contributed by atoms with van der Waals surface area (Å²) in [5, 5.41) is 2.77. The topological polar surface area (TPSA) is 84.0 Å². The third kappa shape index (κ3) is 3.39. The van der Waals surface area contributed by atoms with Crippen LogP contribution in [0, 0.1) is 11.6 Å². The van der Waals surface area contributed by atoms with Crippen molar-refractivity contribution in [2.75, 3.05) is 0 Å². The lowest BCUT2D eigenvalue weighted by atomic mass is 10.1. The van der Waals surface area contributed by atoms with Crippen molar-refractivity contribution in [1.29, 1.82) is 0 Å². The highest BCUT2D eigenvalue weighted by Gasteiger charge is 2.16. The molecule has 3 rings (SSSR count). The molecule has 134 valence electrons. The zero-order chi connectivity index (χ0) is 18.8. The quantitative estimate of drug-likeness (QED) is 0.746. The molecular weight excluding hydrogens is 344 g/mol. The van der Waals surface area contributed by atoms with Gasteiger partial charge in [0.1, 0.15) is 18.2 Å². The molecule has 0 aliphatic carbocycles. The SMILES string of the molecule is C[C@H](NC(=O)Cn1c(=O)[nH]c2ccccc2c1=O)c1ccc(F)cc1F. The van der Waals surface area contributed by atoms with Crippen molar-refractivity contribution in [2.24, 2.45) is 0 Å². The van der Waals surface area contributed by atoms with Crippen molar-refractivity contribution < 1.29 is 13.6 Å². The Morgan fingerprint density at radius 3 is 2.65 bits per heavy atom. The van der Waals surface area contributed by atoms with Gasteiger partial charge in [-0.2, -0.15) is 0 Å². The smallest absolute Gasteiger partial charge is 0.329 e. The standard InChI is InChI=1S/C18H15F2N3O3/c1-10(12-7-6-11(19)8-14(12)20)21-16(24)9-23-17(25)13-4-2-3-5-15(13)22-18(23)26/h2-8,10H,9H2,1H3,(H,21,24)(H,22,26)/t10-/m0/s1. The van der Waals surface area contributed by atoms with E-state index < -0.39 is 41.4 Å². The average Bonchev–Trinajstić information content (AvgIpc) is 2.58. The van der Waals surface area contributed by atoms with Crippen LogP contribution in [0.3, 0.4) is 0 Å². The van der Waals surface area contributed by atoms with Crippen LogP contribution in [-0.2, 0) is 11.3 Å². The number of fused-ring (bicyclic) bond motifs is 1. The number of halogens is 2. The number of hydrogen-bond acceptors (Lipinski definition) is 3. The molecule has 8 heteroatoms. The Bertz CT molecular complexity index is 1100. The maximum absolute atomic E-state index is 13.8. The van der Waals surface area contributed by atoms with Gasteiger partial charge in [-0.05, 0) is 25.1 Å². The molecule has 0 spiro atoms. The largest absolute Gasteiger partial charge is 0.348 e. The summed E-state index contributed by atoms with van der Waals surface area (Å²) in [5.41, 5.74) is -0.843. The van der Waals surface area contributed by atoms with Gasteiger partial charge in [0.2, 0.25) is 5.91 Å². The fourth-order valence-corrected chi connectivity index (χ4v) is 2.70. The van der Waals surface area contributed by atoms with Gasteiger partial charge in [-0.25, -0.2) is 13.6 Å². The molecule has 1 heterocycles. The third-order valence-electron chi connectivity index (χ3n) is 4.00. The predicted molar refractivity (Wildman–Crippen MR) is 91.7 cm³/mol. The fourth-order valence-electron chi connectivity index (χ4n) is 2.70. The molecule has 0 bridgehead atoms. The molecule has 0 saturated carbocycles. The van der Waals surface area contributed by atoms with E-state index in [0.29, 0.717) is 5.52 Å². The lowest BCUT2D eigenvalue weighted by Gasteiger charge is -2.15. The summed E-state index contributed by atoms with van der Waals surface area (Å²) in [4.78, 5) is 39.2. The third-order valence-corrected chi connectivity index (χ3v) is 4.00. The van der Waals surface area contributed by atoms with E-state index in [-0.39, 0.29) is 10.9 Å². The number of nitrogens with zero attached hydrogens (tertiary/aromatic N) is 1. The van der Waals surface area contributed by atoms with E-state index in [1.165, 1.54) is 13.0 Å². The Kier molecular flexibility index (Phi) is 4.66. The Hall–Kier alpha value is -3.29. The molecule has 6 nitrogen and oxygen atoms in total. The van der Waals surface area contributed by atoms with Crippen LogP contribution in [0.5, 0.6) is 0 Å². The molecule has 0 saturated heterocycles. The number of nitrogens with one attached hydrogen (secondary N) is 2. The van der Waals surface area contributed by atoms with E-state index in [1.54, 1.807) is 24.3 Å². The number of carbonyl (C=O) groups excluding carboxylic acids is 1. The molecule has 1 atom stereocenters. The highest BCUT2D eigenvalue weighted by atomic mass is 19.1. The van der Waals surface area contributed by atoms with Gasteiger partial charge in [-0.3, -0.25) is 14.2 Å². The van der Waals surface area contributed by atoms with Gasteiger partial charge in [0.25, 0.3) is 5.56 Å². The number of aromatic nitrogens is 2. The summed E-state index contributed by atoms with van der Waals surface area (Å²) in [7, 11) is 0. The first-order chi connectivity index (χ1) is 12.4. The average molecular weight is 359 g/mol. The summed E-state index contributed by atoms with van der Waals surface area (Å²) in [6.45, 7) is 0.994. The van der Waals surface area contributed by atoms with Crippen molar-refractivity contribution in [3.05, 3.63) is 80.5 Å². The van der Waals surface area contributed by atoms with Gasteiger partial charge in [-0.1, -0.05) is 18.2 Å². The van der Waals surface area contributed by atoms with E-state index >= 15 is 0 Å². The van der Waals surface area contributed by atoms with Crippen molar-refractivity contribution >= 4 is 16.8 Å². The van der Waals surface area contributed by atoms with Crippen LogP contribution in [0.25, 0.3) is 10.9 Å². The second-order valence-corrected chi connectivity index (χ2v) is 5.82. The lowest BCUT2D eigenvalue weighted by molar-refractivity contribution is -0.122. The Labute approximate surface area is 146 Å². The minimum Gasteiger partial charge on any atom is -0.348 e. The number of aromatic amines is 1. The van der Waals surface area contributed by atoms with Crippen LogP contribution >= 0.6 is 0 Å². The van der Waals surface area contributed by atoms with Crippen LogP contribution in [0.1, 0.15) is 18.5 Å². The number of benzene rings is 2. The van der Waals surface area contributed by atoms with Crippen molar-refractivity contribution in [3.8, 4) is 0 Å². The summed E-state index contributed by atoms with van der Waals surface area (Å²) in [6.07, 6.45) is 0. The minimum absolute atomic E-state index is 0.0968. The molecule has 0 fully saturated rings. The van der Waals surface area contributed by atoms with Gasteiger partial charge in [0.15, 0.2) is 0 Å². The molecule has 0 unspecified atom stereocenters. The molecule has 3 aromatic rings. The molecule has 0 aliphatic heterocycles. The molecule has 0 aliphatic rings. The van der Waals surface area contributed by atoms with Gasteiger partial charge in [0.05, 0.1) is 16.9 Å². The maximum Gasteiger partial charge on any atom is 0.329 e. The molecular formula is C18H15F2N3O3. The number of amides is 1. The highest BCUT2D eigenvalue weighted by Crippen LogP contribution is 2.17. The second-order valence-electron chi connectivity index (χ2n) is 5.82. The van der Waals surface area contributed by atoms with Crippen LogP contribution in [0.4, 0.5) is 8.78 Å². The number of hydrogen-bond donors (Lipinski definition) is 2. The number of rotatable bonds is 4. The first-order valence-corrected chi connectivity index (χ1v) is 7.83. The summed E-state index contributed by atoms with van der Waals surface area (Å²) >= 11 is 0. The van der Waals surface area contributed by atoms with Crippen LogP contribution in [0.15, 0.2) is 52.1 Å². The van der Waals surface area contributed by atoms with Crippen LogP contribution < -0.4 is 16.6 Å². The zero-order valence-electron chi connectivity index (χ0n) is 13.8. The van der Waals surface area contributed by atoms with Crippen LogP contribution in [-0.4, -0.2) is 15.5 Å². The zero-order valence-corrected chi connectivity index (χ0v) is 13.8. The van der Waals surface area contributed by atoms with Crippen molar-refractivity contribution in [1.82, 2.24) is 14.9 Å². The summed E-state index contributed by atoms with van der Waals surface area (Å²) in [6, 6.07) is 8.71. The lowest BCUT2D eigenvalue weighted by Crippen LogP contribution is -2.41. The van der Waals surface area contributed by atoms with E-state index in [0.717, 1.165) is 16.7 Å². The number of H-pyrrole nitrogens is 1. The number of para-hydroxylation sites is 1. The molecule has 1 aromatic heterocycles. The number of carbonyl (C=O) groups is 1. The van der Waals surface area contributed by atoms with E-state index in [9.17, 15) is 23.2 Å². The predicted octanol–water partition coefficient (Wildman–Crippen LogP) is 1.85. The van der Waals surface area contributed by atoms with E-state index in [4.69, 9.17) is 0 Å². The van der Waals surface area contributed by atoms with Crippen LogP contribution in [0.2, 0.25) is 0 Å². The van der Waals surface area contributed by atoms with Gasteiger partial charge >= 0.3 is 5.69 Å². The monoisotopic (exact) mass is 359 g/mol. The fraction of sp³-hybridized carbons (Fsp3) is 0.167. The Morgan fingerprint density at radius 2 is 1.92 bits per heavy atom. The summed E-state index contributed by atoms with van der Waals surface area (Å²) < 4.78 is 27.5. The van der Waals surface area contributed by atoms with Crippen molar-refractivity contribution in [2.45, 2.75) is 19.5 Å². The van der Waals surface area contributed by atoms with Crippen molar-refractivity contribution in [3.63, 3.8) is 0 Å². The van der Waals surface area contributed by atoms with Gasteiger partial charge < -0.3 is 10.3 Å². The summed E-state index contributed by atoms with van der Waals surface area (Å²) in [5.74, 6) is -2.17.